The number of aliphatic hydroxyl groups is 1. The summed E-state index contributed by atoms with van der Waals surface area (Å²) in [5.41, 5.74) is 6.65. The lowest BCUT2D eigenvalue weighted by molar-refractivity contribution is 0.280. The number of hydrogen-bond donors (Lipinski definition) is 1. The van der Waals surface area contributed by atoms with Gasteiger partial charge in [0.2, 0.25) is 0 Å². The van der Waals surface area contributed by atoms with Crippen LogP contribution < -0.4 is 0 Å². The van der Waals surface area contributed by atoms with Gasteiger partial charge in [-0.15, -0.1) is 0 Å². The summed E-state index contributed by atoms with van der Waals surface area (Å²) >= 11 is 1.69. The molecule has 0 amide bonds. The average molecular weight is 344 g/mol. The largest absolute Gasteiger partial charge is 0.392 e. The van der Waals surface area contributed by atoms with Gasteiger partial charge in [-0.05, 0) is 46.2 Å². The standard InChI is InChI=1S/C21H29NOS/c1-6-7-8-9-17-19(16-10-11-24-13-16)18(12-23)21(15(4)5)22-20(17)14(2)3/h8-11,13-15,23H,6-7,12H2,1-5H3. The summed E-state index contributed by atoms with van der Waals surface area (Å²) in [5, 5.41) is 14.4. The van der Waals surface area contributed by atoms with Gasteiger partial charge in [0.25, 0.3) is 0 Å². The summed E-state index contributed by atoms with van der Waals surface area (Å²) in [7, 11) is 0. The first-order valence-corrected chi connectivity index (χ1v) is 9.82. The summed E-state index contributed by atoms with van der Waals surface area (Å²) in [6.07, 6.45) is 6.63. The molecule has 0 bridgehead atoms. The molecule has 2 nitrogen and oxygen atoms in total. The Bertz CT molecular complexity index is 684. The lowest BCUT2D eigenvalue weighted by Gasteiger charge is -2.22. The zero-order chi connectivity index (χ0) is 17.7. The van der Waals surface area contributed by atoms with Gasteiger partial charge in [-0.1, -0.05) is 53.2 Å². The second kappa shape index (κ2) is 8.59. The van der Waals surface area contributed by atoms with Crippen LogP contribution in [0.25, 0.3) is 17.2 Å². The van der Waals surface area contributed by atoms with E-state index in [4.69, 9.17) is 4.98 Å². The van der Waals surface area contributed by atoms with Crippen molar-refractivity contribution >= 4 is 17.4 Å². The van der Waals surface area contributed by atoms with Gasteiger partial charge >= 0.3 is 0 Å². The molecule has 0 fully saturated rings. The van der Waals surface area contributed by atoms with Gasteiger partial charge in [0.05, 0.1) is 12.3 Å². The summed E-state index contributed by atoms with van der Waals surface area (Å²) in [6, 6.07) is 2.14. The molecule has 1 N–H and O–H groups in total. The Morgan fingerprint density at radius 2 is 1.88 bits per heavy atom. The fourth-order valence-corrected chi connectivity index (χ4v) is 3.67. The van der Waals surface area contributed by atoms with Crippen LogP contribution >= 0.6 is 11.3 Å². The third-order valence-corrected chi connectivity index (χ3v) is 4.88. The van der Waals surface area contributed by atoms with Gasteiger partial charge < -0.3 is 5.11 Å². The van der Waals surface area contributed by atoms with Crippen LogP contribution in [0.5, 0.6) is 0 Å². The normalized spacial score (nSPS) is 12.0. The smallest absolute Gasteiger partial charge is 0.0706 e. The molecule has 0 aliphatic rings. The number of thiophene rings is 1. The Morgan fingerprint density at radius 1 is 1.17 bits per heavy atom. The second-order valence-corrected chi connectivity index (χ2v) is 7.60. The first-order chi connectivity index (χ1) is 11.5. The van der Waals surface area contributed by atoms with Crippen LogP contribution in [0.3, 0.4) is 0 Å². The Labute approximate surface area is 150 Å². The molecule has 2 rings (SSSR count). The fraction of sp³-hybridized carbons (Fsp3) is 0.476. The summed E-state index contributed by atoms with van der Waals surface area (Å²) in [4.78, 5) is 4.98. The predicted octanol–water partition coefficient (Wildman–Crippen LogP) is 6.36. The number of rotatable bonds is 7. The van der Waals surface area contributed by atoms with Gasteiger partial charge in [-0.3, -0.25) is 4.98 Å². The van der Waals surface area contributed by atoms with Gasteiger partial charge in [0.15, 0.2) is 0 Å². The van der Waals surface area contributed by atoms with Crippen molar-refractivity contribution in [3.8, 4) is 11.1 Å². The number of nitrogens with zero attached hydrogens (tertiary/aromatic N) is 1. The maximum atomic E-state index is 10.1. The third kappa shape index (κ3) is 3.96. The van der Waals surface area contributed by atoms with Crippen molar-refractivity contribution in [1.29, 1.82) is 0 Å². The second-order valence-electron chi connectivity index (χ2n) is 6.82. The lowest BCUT2D eigenvalue weighted by Crippen LogP contribution is -2.10. The van der Waals surface area contributed by atoms with Crippen LogP contribution in [0.4, 0.5) is 0 Å². The van der Waals surface area contributed by atoms with Gasteiger partial charge in [0, 0.05) is 16.8 Å². The molecule has 0 aromatic carbocycles. The lowest BCUT2D eigenvalue weighted by atomic mass is 9.88. The molecule has 0 unspecified atom stereocenters. The first kappa shape index (κ1) is 18.9. The molecule has 0 radical (unpaired) electrons. The number of aliphatic hydroxyl groups excluding tert-OH is 1. The Balaban J connectivity index is 2.82. The fourth-order valence-electron chi connectivity index (χ4n) is 3.03. The number of pyridine rings is 1. The minimum atomic E-state index is 0.0265. The van der Waals surface area contributed by atoms with Gasteiger partial charge in [-0.25, -0.2) is 0 Å². The van der Waals surface area contributed by atoms with Crippen molar-refractivity contribution in [3.63, 3.8) is 0 Å². The molecule has 2 heterocycles. The topological polar surface area (TPSA) is 33.1 Å². The minimum absolute atomic E-state index is 0.0265. The highest BCUT2D eigenvalue weighted by Gasteiger charge is 2.22. The molecule has 0 saturated carbocycles. The highest BCUT2D eigenvalue weighted by atomic mass is 32.1. The van der Waals surface area contributed by atoms with E-state index in [1.807, 2.05) is 0 Å². The van der Waals surface area contributed by atoms with Crippen molar-refractivity contribution in [3.05, 3.63) is 45.4 Å². The van der Waals surface area contributed by atoms with E-state index in [9.17, 15) is 5.11 Å². The van der Waals surface area contributed by atoms with E-state index in [0.717, 1.165) is 35.4 Å². The average Bonchev–Trinajstić information content (AvgIpc) is 3.07. The molecule has 0 spiro atoms. The number of unbranched alkanes of at least 4 members (excludes halogenated alkanes) is 1. The number of allylic oxidation sites excluding steroid dienone is 1. The minimum Gasteiger partial charge on any atom is -0.392 e. The molecular formula is C21H29NOS. The monoisotopic (exact) mass is 343 g/mol. The van der Waals surface area contributed by atoms with E-state index < -0.39 is 0 Å². The van der Waals surface area contributed by atoms with Crippen LogP contribution in [0.2, 0.25) is 0 Å². The van der Waals surface area contributed by atoms with E-state index in [0.29, 0.717) is 5.92 Å². The van der Waals surface area contributed by atoms with Crippen molar-refractivity contribution < 1.29 is 5.11 Å². The zero-order valence-electron chi connectivity index (χ0n) is 15.5. The van der Waals surface area contributed by atoms with E-state index in [1.54, 1.807) is 11.3 Å². The van der Waals surface area contributed by atoms with E-state index >= 15 is 0 Å². The Hall–Kier alpha value is -1.45. The maximum absolute atomic E-state index is 10.1. The summed E-state index contributed by atoms with van der Waals surface area (Å²) in [6.45, 7) is 10.9. The Kier molecular flexibility index (Phi) is 6.76. The zero-order valence-corrected chi connectivity index (χ0v) is 16.3. The molecule has 0 aliphatic heterocycles. The van der Waals surface area contributed by atoms with Crippen molar-refractivity contribution in [2.24, 2.45) is 0 Å². The molecule has 0 atom stereocenters. The predicted molar refractivity (Wildman–Crippen MR) is 106 cm³/mol. The van der Waals surface area contributed by atoms with Crippen LogP contribution in [-0.2, 0) is 6.61 Å². The van der Waals surface area contributed by atoms with E-state index in [1.165, 1.54) is 11.1 Å². The number of aromatic nitrogens is 1. The highest BCUT2D eigenvalue weighted by molar-refractivity contribution is 7.08. The highest BCUT2D eigenvalue weighted by Crippen LogP contribution is 2.38. The van der Waals surface area contributed by atoms with Crippen LogP contribution in [0.1, 0.15) is 81.8 Å². The van der Waals surface area contributed by atoms with Crippen molar-refractivity contribution in [2.75, 3.05) is 0 Å². The van der Waals surface area contributed by atoms with Crippen molar-refractivity contribution in [2.45, 2.75) is 65.9 Å². The molecule has 2 aromatic heterocycles. The molecule has 130 valence electrons. The summed E-state index contributed by atoms with van der Waals surface area (Å²) < 4.78 is 0. The first-order valence-electron chi connectivity index (χ1n) is 8.87. The molecule has 0 aliphatic carbocycles. The summed E-state index contributed by atoms with van der Waals surface area (Å²) in [5.74, 6) is 0.629. The quantitative estimate of drug-likeness (QED) is 0.634. The van der Waals surface area contributed by atoms with Crippen LogP contribution in [0, 0.1) is 0 Å². The maximum Gasteiger partial charge on any atom is 0.0706 e. The number of hydrogen-bond acceptors (Lipinski definition) is 3. The third-order valence-electron chi connectivity index (χ3n) is 4.20. The van der Waals surface area contributed by atoms with Crippen molar-refractivity contribution in [1.82, 2.24) is 4.98 Å². The van der Waals surface area contributed by atoms with E-state index in [-0.39, 0.29) is 12.5 Å². The van der Waals surface area contributed by atoms with Crippen LogP contribution in [-0.4, -0.2) is 10.1 Å². The molecule has 2 aromatic rings. The van der Waals surface area contributed by atoms with E-state index in [2.05, 4.69) is 63.6 Å². The SMILES string of the molecule is CCCC=Cc1c(C(C)C)nc(C(C)C)c(CO)c1-c1ccsc1. The van der Waals surface area contributed by atoms with Crippen LogP contribution in [0.15, 0.2) is 22.9 Å². The van der Waals surface area contributed by atoms with Gasteiger partial charge in [0.1, 0.15) is 0 Å². The molecular weight excluding hydrogens is 314 g/mol. The Morgan fingerprint density at radius 3 is 2.38 bits per heavy atom. The molecule has 0 saturated heterocycles. The van der Waals surface area contributed by atoms with Gasteiger partial charge in [-0.2, -0.15) is 11.3 Å². The molecule has 3 heteroatoms. The molecule has 24 heavy (non-hydrogen) atoms.